The van der Waals surface area contributed by atoms with E-state index in [1.807, 2.05) is 12.1 Å². The Bertz CT molecular complexity index is 1450. The number of hydroxylamine groups is 1. The Balaban J connectivity index is 0.000000820. The molecule has 54 heavy (non-hydrogen) atoms. The lowest BCUT2D eigenvalue weighted by Crippen LogP contribution is -2.29. The van der Waals surface area contributed by atoms with Crippen molar-refractivity contribution >= 4 is 47.3 Å². The summed E-state index contributed by atoms with van der Waals surface area (Å²) in [5.41, 5.74) is 3.11. The minimum absolute atomic E-state index is 0.241. The summed E-state index contributed by atoms with van der Waals surface area (Å²) in [5, 5.41) is 37.9. The predicted octanol–water partition coefficient (Wildman–Crippen LogP) is 4.35. The second kappa shape index (κ2) is 20.3. The van der Waals surface area contributed by atoms with Crippen LogP contribution in [0.3, 0.4) is 0 Å². The number of carbonyl (C=O) groups is 5. The number of hydrogen-bond acceptors (Lipinski definition) is 10. The van der Waals surface area contributed by atoms with Crippen LogP contribution in [-0.4, -0.2) is 121 Å². The number of amides is 1. The van der Waals surface area contributed by atoms with Crippen molar-refractivity contribution in [1.82, 2.24) is 20.3 Å². The van der Waals surface area contributed by atoms with Crippen molar-refractivity contribution in [3.8, 4) is 0 Å². The molecule has 0 saturated carbocycles. The van der Waals surface area contributed by atoms with Crippen molar-refractivity contribution < 1.29 is 102 Å². The first-order valence-electron chi connectivity index (χ1n) is 13.6. The molecule has 2 aliphatic heterocycles. The van der Waals surface area contributed by atoms with Gasteiger partial charge in [0.1, 0.15) is 0 Å². The standard InChI is InChI=1S/C18H20ClN5O2.4C2HF3O2/c19-16-3-1-12(2-4-16)7-23-8-14-10-24(11-15(14)9-23)18-20-5-13(6-21-18)17(25)22-26;4*3-2(4,5)1(6)7/h1-6,14-15,26H,7-11H2,(H,22,25);4*(H,6,7). The number of halogens is 13. The molecule has 1 aromatic heterocycles. The maximum Gasteiger partial charge on any atom is 0.490 e. The molecule has 0 spiro atoms. The molecule has 304 valence electrons. The molecule has 2 fully saturated rings. The van der Waals surface area contributed by atoms with Crippen molar-refractivity contribution in [3.05, 3.63) is 52.8 Å². The van der Waals surface area contributed by atoms with Gasteiger partial charge in [0.15, 0.2) is 0 Å². The summed E-state index contributed by atoms with van der Waals surface area (Å²) < 4.78 is 127. The monoisotopic (exact) mass is 829 g/mol. The number of aromatic nitrogens is 2. The van der Waals surface area contributed by atoms with E-state index in [9.17, 15) is 57.5 Å². The molecular formula is C26H24ClF12N5O10. The molecule has 4 rings (SSSR count). The smallest absolute Gasteiger partial charge is 0.475 e. The Morgan fingerprint density at radius 3 is 1.24 bits per heavy atom. The van der Waals surface area contributed by atoms with E-state index in [0.717, 1.165) is 37.7 Å². The van der Waals surface area contributed by atoms with E-state index in [-0.39, 0.29) is 5.56 Å². The van der Waals surface area contributed by atoms with E-state index in [1.165, 1.54) is 18.0 Å². The zero-order chi connectivity index (χ0) is 42.4. The molecule has 3 heterocycles. The Morgan fingerprint density at radius 1 is 0.648 bits per heavy atom. The largest absolute Gasteiger partial charge is 0.490 e. The van der Waals surface area contributed by atoms with Gasteiger partial charge < -0.3 is 25.3 Å². The van der Waals surface area contributed by atoms with Crippen LogP contribution in [-0.2, 0) is 25.7 Å². The maximum atomic E-state index is 11.3. The summed E-state index contributed by atoms with van der Waals surface area (Å²) in [7, 11) is 0. The fraction of sp³-hybridized carbons (Fsp3) is 0.423. The van der Waals surface area contributed by atoms with Crippen molar-refractivity contribution in [3.63, 3.8) is 0 Å². The van der Waals surface area contributed by atoms with Crippen LogP contribution in [0.15, 0.2) is 36.7 Å². The van der Waals surface area contributed by atoms with Crippen LogP contribution in [0.5, 0.6) is 0 Å². The molecule has 2 aliphatic rings. The normalized spacial score (nSPS) is 16.7. The van der Waals surface area contributed by atoms with Crippen molar-refractivity contribution in [1.29, 1.82) is 0 Å². The first-order chi connectivity index (χ1) is 24.4. The topological polar surface area (TPSA) is 231 Å². The molecule has 2 aromatic rings. The van der Waals surface area contributed by atoms with Gasteiger partial charge in [-0.15, -0.1) is 0 Å². The second-order valence-electron chi connectivity index (χ2n) is 10.2. The molecule has 0 radical (unpaired) electrons. The first kappa shape index (κ1) is 48.8. The van der Waals surface area contributed by atoms with E-state index in [4.69, 9.17) is 56.4 Å². The van der Waals surface area contributed by atoms with Crippen LogP contribution >= 0.6 is 11.6 Å². The lowest BCUT2D eigenvalue weighted by atomic mass is 10.0. The number of aliphatic carboxylic acids is 4. The highest BCUT2D eigenvalue weighted by atomic mass is 35.5. The zero-order valence-corrected chi connectivity index (χ0v) is 26.9. The van der Waals surface area contributed by atoms with E-state index >= 15 is 0 Å². The van der Waals surface area contributed by atoms with Crippen LogP contribution in [0.4, 0.5) is 58.6 Å². The molecule has 1 aromatic carbocycles. The Labute approximate surface area is 297 Å². The first-order valence-corrected chi connectivity index (χ1v) is 14.0. The summed E-state index contributed by atoms with van der Waals surface area (Å²) in [4.78, 5) is 60.1. The predicted molar refractivity (Wildman–Crippen MR) is 152 cm³/mol. The number of carboxylic acids is 4. The van der Waals surface area contributed by atoms with E-state index in [2.05, 4.69) is 31.9 Å². The maximum absolute atomic E-state index is 11.3. The molecule has 0 aliphatic carbocycles. The van der Waals surface area contributed by atoms with Gasteiger partial charge in [-0.25, -0.2) is 34.6 Å². The van der Waals surface area contributed by atoms with Gasteiger partial charge in [-0.05, 0) is 29.5 Å². The van der Waals surface area contributed by atoms with Gasteiger partial charge in [0.05, 0.1) is 5.56 Å². The number of benzene rings is 1. The van der Waals surface area contributed by atoms with Gasteiger partial charge in [0.2, 0.25) is 5.95 Å². The third-order valence-electron chi connectivity index (χ3n) is 6.14. The molecule has 2 atom stereocenters. The van der Waals surface area contributed by atoms with Gasteiger partial charge in [-0.3, -0.25) is 14.9 Å². The number of nitrogens with one attached hydrogen (secondary N) is 1. The van der Waals surface area contributed by atoms with Crippen molar-refractivity contribution in [2.75, 3.05) is 31.1 Å². The average molecular weight is 830 g/mol. The van der Waals surface area contributed by atoms with Crippen molar-refractivity contribution in [2.24, 2.45) is 11.8 Å². The molecule has 28 heteroatoms. The zero-order valence-electron chi connectivity index (χ0n) is 26.1. The van der Waals surface area contributed by atoms with Crippen LogP contribution in [0.1, 0.15) is 15.9 Å². The molecule has 2 saturated heterocycles. The number of carbonyl (C=O) groups excluding carboxylic acids is 1. The van der Waals surface area contributed by atoms with Crippen LogP contribution < -0.4 is 10.4 Å². The van der Waals surface area contributed by atoms with Crippen LogP contribution in [0.25, 0.3) is 0 Å². The van der Waals surface area contributed by atoms with Gasteiger partial charge >= 0.3 is 48.6 Å². The second-order valence-corrected chi connectivity index (χ2v) is 10.6. The third-order valence-corrected chi connectivity index (χ3v) is 6.39. The minimum Gasteiger partial charge on any atom is -0.475 e. The molecule has 15 nitrogen and oxygen atoms in total. The number of hydrogen-bond donors (Lipinski definition) is 6. The summed E-state index contributed by atoms with van der Waals surface area (Å²) in [6.07, 6.45) is -17.5. The SMILES string of the molecule is O=C(NO)c1cnc(N2CC3CN(Cc4ccc(Cl)cc4)CC3C2)nc1.O=C(O)C(F)(F)F.O=C(O)C(F)(F)F.O=C(O)C(F)(F)F.O=C(O)C(F)(F)F. The molecule has 1 amide bonds. The lowest BCUT2D eigenvalue weighted by Gasteiger charge is -2.21. The molecule has 0 bridgehead atoms. The number of nitrogens with zero attached hydrogens (tertiary/aromatic N) is 4. The molecule has 2 unspecified atom stereocenters. The Morgan fingerprint density at radius 2 is 0.963 bits per heavy atom. The Kier molecular flexibility index (Phi) is 18.4. The van der Waals surface area contributed by atoms with Gasteiger partial charge in [0, 0.05) is 50.1 Å². The summed E-state index contributed by atoms with van der Waals surface area (Å²) in [6.45, 7) is 4.93. The van der Waals surface area contributed by atoms with E-state index in [0.29, 0.717) is 17.8 Å². The molecular weight excluding hydrogens is 806 g/mol. The summed E-state index contributed by atoms with van der Waals surface area (Å²) >= 11 is 5.95. The number of likely N-dealkylation sites (tertiary alicyclic amines) is 1. The minimum atomic E-state index is -5.08. The number of rotatable bonds is 4. The lowest BCUT2D eigenvalue weighted by molar-refractivity contribution is -0.193. The summed E-state index contributed by atoms with van der Waals surface area (Å²) in [6, 6.07) is 8.04. The van der Waals surface area contributed by atoms with Gasteiger partial charge in [-0.1, -0.05) is 23.7 Å². The highest BCUT2D eigenvalue weighted by Crippen LogP contribution is 2.33. The highest BCUT2D eigenvalue weighted by Gasteiger charge is 2.42. The fourth-order valence-corrected chi connectivity index (χ4v) is 4.02. The van der Waals surface area contributed by atoms with Crippen LogP contribution in [0.2, 0.25) is 5.02 Å². The quantitative estimate of drug-likeness (QED) is 0.143. The molecule has 6 N–H and O–H groups in total. The summed E-state index contributed by atoms with van der Waals surface area (Å²) in [5.74, 6) is -9.79. The third kappa shape index (κ3) is 18.5. The number of fused-ring (bicyclic) bond motifs is 1. The number of carboxylic acid groups (broad SMARTS) is 4. The van der Waals surface area contributed by atoms with Crippen LogP contribution in [0, 0.1) is 11.8 Å². The number of alkyl halides is 12. The Hall–Kier alpha value is -5.18. The van der Waals surface area contributed by atoms with E-state index < -0.39 is 54.5 Å². The average Bonchev–Trinajstić information content (AvgIpc) is 3.60. The van der Waals surface area contributed by atoms with Gasteiger partial charge in [-0.2, -0.15) is 52.7 Å². The van der Waals surface area contributed by atoms with Crippen molar-refractivity contribution in [2.45, 2.75) is 31.2 Å². The van der Waals surface area contributed by atoms with E-state index in [1.54, 1.807) is 5.48 Å². The highest BCUT2D eigenvalue weighted by molar-refractivity contribution is 6.30. The number of anilines is 1. The fourth-order valence-electron chi connectivity index (χ4n) is 3.90. The van der Waals surface area contributed by atoms with Gasteiger partial charge in [0.25, 0.3) is 5.91 Å².